The van der Waals surface area contributed by atoms with Crippen molar-refractivity contribution in [1.82, 2.24) is 0 Å². The topological polar surface area (TPSA) is 87.3 Å². The molecule has 0 aromatic heterocycles. The molecule has 0 fully saturated rings. The van der Waals surface area contributed by atoms with Crippen LogP contribution in [0.4, 0.5) is 34.6 Å². The summed E-state index contributed by atoms with van der Waals surface area (Å²) >= 11 is 0. The molecule has 3 N–H and O–H groups in total. The summed E-state index contributed by atoms with van der Waals surface area (Å²) < 4.78 is 54.3. The summed E-state index contributed by atoms with van der Waals surface area (Å²) in [6, 6.07) is 14.0. The second kappa shape index (κ2) is 8.97. The van der Waals surface area contributed by atoms with Crippen molar-refractivity contribution in [1.29, 1.82) is 0 Å². The Kier molecular flexibility index (Phi) is 6.06. The van der Waals surface area contributed by atoms with Gasteiger partial charge >= 0.3 is 6.18 Å². The van der Waals surface area contributed by atoms with E-state index in [4.69, 9.17) is 0 Å². The fourth-order valence-electron chi connectivity index (χ4n) is 3.64. The molecule has 0 radical (unpaired) electrons. The normalized spacial score (nSPS) is 15.2. The molecule has 0 bridgehead atoms. The Morgan fingerprint density at radius 1 is 0.941 bits per heavy atom. The molecule has 3 aromatic carbocycles. The maximum absolute atomic E-state index is 13.8. The van der Waals surface area contributed by atoms with Gasteiger partial charge in [-0.05, 0) is 54.1 Å². The lowest BCUT2D eigenvalue weighted by atomic mass is 9.89. The van der Waals surface area contributed by atoms with E-state index in [0.717, 1.165) is 18.2 Å². The van der Waals surface area contributed by atoms with E-state index in [-0.39, 0.29) is 17.7 Å². The van der Waals surface area contributed by atoms with E-state index < -0.39 is 46.9 Å². The van der Waals surface area contributed by atoms with Crippen LogP contribution in [0.1, 0.15) is 33.8 Å². The lowest BCUT2D eigenvalue weighted by Crippen LogP contribution is -2.31. The van der Waals surface area contributed by atoms with E-state index in [1.165, 1.54) is 18.2 Å². The monoisotopic (exact) mass is 471 g/mol. The van der Waals surface area contributed by atoms with Gasteiger partial charge in [-0.3, -0.25) is 14.4 Å². The number of carbonyl (C=O) groups excluding carboxylic acids is 3. The molecular formula is C24H17F4N3O3. The average molecular weight is 471 g/mol. The van der Waals surface area contributed by atoms with E-state index in [0.29, 0.717) is 17.3 Å². The number of amides is 3. The lowest BCUT2D eigenvalue weighted by molar-refractivity contribution is -0.137. The van der Waals surface area contributed by atoms with Crippen LogP contribution in [0.3, 0.4) is 0 Å². The zero-order valence-corrected chi connectivity index (χ0v) is 17.4. The molecule has 10 heteroatoms. The zero-order valence-electron chi connectivity index (χ0n) is 17.4. The Labute approximate surface area is 191 Å². The van der Waals surface area contributed by atoms with Crippen LogP contribution in [0.15, 0.2) is 66.7 Å². The third kappa shape index (κ3) is 4.90. The summed E-state index contributed by atoms with van der Waals surface area (Å²) in [6.07, 6.45) is -5.06. The Bertz CT molecular complexity index is 1270. The van der Waals surface area contributed by atoms with Gasteiger partial charge in [0.2, 0.25) is 11.8 Å². The summed E-state index contributed by atoms with van der Waals surface area (Å²) in [7, 11) is 0. The number of hydrogen-bond donors (Lipinski definition) is 3. The standard InChI is InChI=1S/C24H17F4N3O3/c25-14-7-5-13(6-8-14)22(33)29-15-9-10-20(18(11-15)24(26,27)28)31-23(34)17-12-21(32)30-19-4-2-1-3-16(17)19/h1-11,17H,12H2,(H,29,33)(H,30,32)(H,31,34). The number of fused-ring (bicyclic) bond motifs is 1. The number of rotatable bonds is 4. The average Bonchev–Trinajstić information content (AvgIpc) is 2.79. The Morgan fingerprint density at radius 2 is 1.65 bits per heavy atom. The Morgan fingerprint density at radius 3 is 2.35 bits per heavy atom. The van der Waals surface area contributed by atoms with Gasteiger partial charge in [0.05, 0.1) is 17.2 Å². The van der Waals surface area contributed by atoms with Gasteiger partial charge < -0.3 is 16.0 Å². The third-order valence-electron chi connectivity index (χ3n) is 5.26. The van der Waals surface area contributed by atoms with Gasteiger partial charge in [0, 0.05) is 23.4 Å². The van der Waals surface area contributed by atoms with Crippen LogP contribution in [0.25, 0.3) is 0 Å². The van der Waals surface area contributed by atoms with E-state index >= 15 is 0 Å². The molecule has 3 aromatic rings. The summed E-state index contributed by atoms with van der Waals surface area (Å²) in [5.74, 6) is -3.45. The first-order chi connectivity index (χ1) is 16.1. The molecule has 1 aliphatic rings. The van der Waals surface area contributed by atoms with Crippen molar-refractivity contribution >= 4 is 34.8 Å². The molecule has 0 saturated carbocycles. The fourth-order valence-corrected chi connectivity index (χ4v) is 3.64. The van der Waals surface area contributed by atoms with E-state index in [2.05, 4.69) is 16.0 Å². The minimum Gasteiger partial charge on any atom is -0.326 e. The Balaban J connectivity index is 1.59. The van der Waals surface area contributed by atoms with Crippen LogP contribution in [-0.2, 0) is 15.8 Å². The lowest BCUT2D eigenvalue weighted by Gasteiger charge is -2.25. The first-order valence-corrected chi connectivity index (χ1v) is 10.1. The minimum absolute atomic E-state index is 0.0570. The first-order valence-electron chi connectivity index (χ1n) is 10.1. The smallest absolute Gasteiger partial charge is 0.326 e. The van der Waals surface area contributed by atoms with Crippen molar-refractivity contribution in [2.24, 2.45) is 0 Å². The number of hydrogen-bond acceptors (Lipinski definition) is 3. The third-order valence-corrected chi connectivity index (χ3v) is 5.26. The molecule has 3 amide bonds. The number of alkyl halides is 3. The summed E-state index contributed by atoms with van der Waals surface area (Å²) in [4.78, 5) is 37.1. The predicted octanol–water partition coefficient (Wildman–Crippen LogP) is 5.16. The number of anilines is 3. The number of para-hydroxylation sites is 1. The molecule has 1 aliphatic heterocycles. The molecular weight excluding hydrogens is 454 g/mol. The van der Waals surface area contributed by atoms with Crippen molar-refractivity contribution in [2.75, 3.05) is 16.0 Å². The van der Waals surface area contributed by atoms with Crippen LogP contribution in [0, 0.1) is 5.82 Å². The van der Waals surface area contributed by atoms with E-state index in [1.54, 1.807) is 24.3 Å². The molecule has 174 valence electrons. The quantitative estimate of drug-likeness (QED) is 0.460. The highest BCUT2D eigenvalue weighted by Crippen LogP contribution is 2.38. The maximum Gasteiger partial charge on any atom is 0.418 e. The molecule has 6 nitrogen and oxygen atoms in total. The van der Waals surface area contributed by atoms with Crippen molar-refractivity contribution in [3.63, 3.8) is 0 Å². The summed E-state index contributed by atoms with van der Waals surface area (Å²) in [5, 5.41) is 7.23. The molecule has 0 saturated heterocycles. The number of carbonyl (C=O) groups is 3. The van der Waals surface area contributed by atoms with Gasteiger partial charge in [-0.2, -0.15) is 13.2 Å². The molecule has 0 spiro atoms. The van der Waals surface area contributed by atoms with Crippen molar-refractivity contribution in [2.45, 2.75) is 18.5 Å². The van der Waals surface area contributed by atoms with Crippen LogP contribution >= 0.6 is 0 Å². The van der Waals surface area contributed by atoms with E-state index in [1.807, 2.05) is 0 Å². The molecule has 1 unspecified atom stereocenters. The first kappa shape index (κ1) is 23.0. The second-order valence-corrected chi connectivity index (χ2v) is 7.60. The highest BCUT2D eigenvalue weighted by Gasteiger charge is 2.36. The highest BCUT2D eigenvalue weighted by atomic mass is 19.4. The van der Waals surface area contributed by atoms with Crippen LogP contribution < -0.4 is 16.0 Å². The highest BCUT2D eigenvalue weighted by molar-refractivity contribution is 6.06. The molecule has 34 heavy (non-hydrogen) atoms. The zero-order chi connectivity index (χ0) is 24.5. The van der Waals surface area contributed by atoms with Crippen molar-refractivity contribution < 1.29 is 31.9 Å². The van der Waals surface area contributed by atoms with Crippen LogP contribution in [0.5, 0.6) is 0 Å². The molecule has 1 heterocycles. The second-order valence-electron chi connectivity index (χ2n) is 7.60. The van der Waals surface area contributed by atoms with Gasteiger partial charge in [0.15, 0.2) is 0 Å². The molecule has 0 aliphatic carbocycles. The van der Waals surface area contributed by atoms with Crippen molar-refractivity contribution in [3.05, 3.63) is 89.2 Å². The number of halogens is 4. The maximum atomic E-state index is 13.8. The van der Waals surface area contributed by atoms with E-state index in [9.17, 15) is 31.9 Å². The minimum atomic E-state index is -4.85. The van der Waals surface area contributed by atoms with Gasteiger partial charge in [-0.25, -0.2) is 4.39 Å². The Hall–Kier alpha value is -4.21. The number of nitrogens with one attached hydrogen (secondary N) is 3. The molecule has 4 rings (SSSR count). The molecule has 1 atom stereocenters. The summed E-state index contributed by atoms with van der Waals surface area (Å²) in [6.45, 7) is 0. The van der Waals surface area contributed by atoms with Crippen LogP contribution in [0.2, 0.25) is 0 Å². The van der Waals surface area contributed by atoms with Gasteiger partial charge in [0.25, 0.3) is 5.91 Å². The van der Waals surface area contributed by atoms with Gasteiger partial charge in [-0.1, -0.05) is 18.2 Å². The predicted molar refractivity (Wildman–Crippen MR) is 117 cm³/mol. The largest absolute Gasteiger partial charge is 0.418 e. The fraction of sp³-hybridized carbons (Fsp3) is 0.125. The van der Waals surface area contributed by atoms with Gasteiger partial charge in [0.1, 0.15) is 5.82 Å². The van der Waals surface area contributed by atoms with Crippen LogP contribution in [-0.4, -0.2) is 17.7 Å². The number of benzene rings is 3. The van der Waals surface area contributed by atoms with Crippen molar-refractivity contribution in [3.8, 4) is 0 Å². The van der Waals surface area contributed by atoms with Gasteiger partial charge in [-0.15, -0.1) is 0 Å². The summed E-state index contributed by atoms with van der Waals surface area (Å²) in [5.41, 5.74) is -0.874. The SMILES string of the molecule is O=C1CC(C(=O)Nc2ccc(NC(=O)c3ccc(F)cc3)cc2C(F)(F)F)c2ccccc2N1.